The van der Waals surface area contributed by atoms with Gasteiger partial charge in [-0.1, -0.05) is 50.1 Å². The van der Waals surface area contributed by atoms with E-state index in [0.717, 1.165) is 49.2 Å². The molecule has 34 heavy (non-hydrogen) atoms. The quantitative estimate of drug-likeness (QED) is 0.488. The smallest absolute Gasteiger partial charge is 0.242 e. The van der Waals surface area contributed by atoms with Crippen molar-refractivity contribution in [2.45, 2.75) is 63.3 Å². The molecule has 7 nitrogen and oxygen atoms in total. The van der Waals surface area contributed by atoms with Crippen LogP contribution in [0.5, 0.6) is 11.5 Å². The maximum atomic E-state index is 13.6. The van der Waals surface area contributed by atoms with Crippen molar-refractivity contribution in [1.29, 1.82) is 0 Å². The Balaban J connectivity index is 1.43. The molecule has 1 amide bonds. The number of likely N-dealkylation sites (tertiary alicyclic amines) is 1. The summed E-state index contributed by atoms with van der Waals surface area (Å²) >= 11 is 0. The summed E-state index contributed by atoms with van der Waals surface area (Å²) in [6.45, 7) is 4.24. The highest BCUT2D eigenvalue weighted by Gasteiger charge is 2.56. The van der Waals surface area contributed by atoms with Crippen LogP contribution in [0.2, 0.25) is 0 Å². The zero-order valence-electron chi connectivity index (χ0n) is 19.8. The first-order valence-corrected chi connectivity index (χ1v) is 12.6. The Bertz CT molecular complexity index is 976. The van der Waals surface area contributed by atoms with Gasteiger partial charge in [-0.2, -0.15) is 0 Å². The molecule has 0 aromatic heterocycles. The van der Waals surface area contributed by atoms with Gasteiger partial charge in [-0.05, 0) is 43.0 Å². The van der Waals surface area contributed by atoms with Crippen molar-refractivity contribution in [2.75, 3.05) is 19.8 Å². The molecule has 3 saturated heterocycles. The summed E-state index contributed by atoms with van der Waals surface area (Å²) in [6.07, 6.45) is 5.47. The second-order valence-corrected chi connectivity index (χ2v) is 9.58. The van der Waals surface area contributed by atoms with Crippen LogP contribution in [0.1, 0.15) is 62.2 Å². The molecular formula is C27H35N3O4. The molecule has 2 aromatic rings. The third-order valence-electron chi connectivity index (χ3n) is 7.35. The Kier molecular flexibility index (Phi) is 7.04. The second-order valence-electron chi connectivity index (χ2n) is 9.58. The molecule has 3 N–H and O–H groups in total. The molecule has 5 rings (SSSR count). The second kappa shape index (κ2) is 10.3. The Morgan fingerprint density at radius 2 is 1.88 bits per heavy atom. The number of rotatable bonds is 9. The van der Waals surface area contributed by atoms with Crippen molar-refractivity contribution >= 4 is 5.91 Å². The van der Waals surface area contributed by atoms with E-state index in [1.165, 1.54) is 6.42 Å². The zero-order valence-corrected chi connectivity index (χ0v) is 19.8. The van der Waals surface area contributed by atoms with Gasteiger partial charge in [0.1, 0.15) is 17.5 Å². The molecular weight excluding hydrogens is 430 g/mol. The minimum absolute atomic E-state index is 0.0708. The molecule has 0 saturated carbocycles. The predicted molar refractivity (Wildman–Crippen MR) is 129 cm³/mol. The van der Waals surface area contributed by atoms with E-state index < -0.39 is 0 Å². The minimum Gasteiger partial charge on any atom is -0.508 e. The third-order valence-corrected chi connectivity index (χ3v) is 7.35. The molecule has 0 aliphatic carbocycles. The fraction of sp³-hybridized carbons (Fsp3) is 0.519. The Morgan fingerprint density at radius 3 is 2.62 bits per heavy atom. The number of unbranched alkanes of at least 4 members (excludes halogenated alkanes) is 2. The molecule has 3 fully saturated rings. The number of para-hydroxylation sites is 1. The number of hydrogen-bond acceptors (Lipinski definition) is 6. The van der Waals surface area contributed by atoms with Crippen LogP contribution in [0.25, 0.3) is 0 Å². The minimum atomic E-state index is -0.360. The van der Waals surface area contributed by atoms with E-state index >= 15 is 0 Å². The zero-order chi connectivity index (χ0) is 23.5. The summed E-state index contributed by atoms with van der Waals surface area (Å²) in [5.74, 6) is 1.10. The molecule has 0 spiro atoms. The molecule has 3 heterocycles. The average molecular weight is 466 g/mol. The monoisotopic (exact) mass is 465 g/mol. The van der Waals surface area contributed by atoms with E-state index in [-0.39, 0.29) is 41.8 Å². The topological polar surface area (TPSA) is 83.1 Å². The number of phenolic OH excluding ortho intramolecular Hbond substituents is 1. The number of fused-ring (bicyclic) bond motifs is 1. The fourth-order valence-corrected chi connectivity index (χ4v) is 5.63. The van der Waals surface area contributed by atoms with E-state index in [4.69, 9.17) is 9.47 Å². The summed E-state index contributed by atoms with van der Waals surface area (Å²) < 4.78 is 11.8. The number of phenols is 1. The number of amides is 1. The lowest BCUT2D eigenvalue weighted by Gasteiger charge is -2.32. The Labute approximate surface area is 201 Å². The highest BCUT2D eigenvalue weighted by Crippen LogP contribution is 2.48. The first-order valence-electron chi connectivity index (χ1n) is 12.6. The van der Waals surface area contributed by atoms with Gasteiger partial charge in [0.05, 0.1) is 24.8 Å². The third kappa shape index (κ3) is 4.52. The molecule has 5 unspecified atom stereocenters. The van der Waals surface area contributed by atoms with Gasteiger partial charge < -0.3 is 19.5 Å². The summed E-state index contributed by atoms with van der Waals surface area (Å²) in [7, 11) is 0. The SMILES string of the molecule is CCCCCOc1ccc(C2C3C(NNC3c3ccccc3O)C(=O)N2CC2CCCO2)cc1. The lowest BCUT2D eigenvalue weighted by Crippen LogP contribution is -2.43. The molecule has 7 heteroatoms. The number of carbonyl (C=O) groups is 1. The highest BCUT2D eigenvalue weighted by molar-refractivity contribution is 5.86. The Morgan fingerprint density at radius 1 is 1.09 bits per heavy atom. The normalized spacial score (nSPS) is 28.4. The molecule has 0 bridgehead atoms. The lowest BCUT2D eigenvalue weighted by atomic mass is 9.83. The van der Waals surface area contributed by atoms with Crippen molar-refractivity contribution in [3.05, 3.63) is 59.7 Å². The van der Waals surface area contributed by atoms with Crippen LogP contribution in [-0.2, 0) is 9.53 Å². The molecule has 5 atom stereocenters. The van der Waals surface area contributed by atoms with Crippen molar-refractivity contribution < 1.29 is 19.4 Å². The van der Waals surface area contributed by atoms with E-state index in [1.54, 1.807) is 6.07 Å². The number of ether oxygens (including phenoxy) is 2. The number of aromatic hydroxyl groups is 1. The number of nitrogens with one attached hydrogen (secondary N) is 2. The number of carbonyl (C=O) groups excluding carboxylic acids is 1. The molecule has 3 aliphatic rings. The first-order chi connectivity index (χ1) is 16.7. The van der Waals surface area contributed by atoms with Crippen molar-refractivity contribution in [1.82, 2.24) is 15.8 Å². The molecule has 0 radical (unpaired) electrons. The van der Waals surface area contributed by atoms with Gasteiger partial charge in [0.15, 0.2) is 0 Å². The van der Waals surface area contributed by atoms with Crippen molar-refractivity contribution in [3.63, 3.8) is 0 Å². The number of hydrazine groups is 1. The van der Waals surface area contributed by atoms with Crippen LogP contribution in [0, 0.1) is 5.92 Å². The summed E-state index contributed by atoms with van der Waals surface area (Å²) in [4.78, 5) is 15.6. The van der Waals surface area contributed by atoms with Crippen LogP contribution in [0.4, 0.5) is 0 Å². The van der Waals surface area contributed by atoms with Gasteiger partial charge in [0.2, 0.25) is 5.91 Å². The maximum absolute atomic E-state index is 13.6. The Hall–Kier alpha value is -2.61. The largest absolute Gasteiger partial charge is 0.508 e. The molecule has 3 aliphatic heterocycles. The van der Waals surface area contributed by atoms with Crippen molar-refractivity contribution in [3.8, 4) is 11.5 Å². The van der Waals surface area contributed by atoms with Crippen molar-refractivity contribution in [2.24, 2.45) is 5.92 Å². The van der Waals surface area contributed by atoms with Gasteiger partial charge in [0, 0.05) is 24.6 Å². The molecule has 182 valence electrons. The van der Waals surface area contributed by atoms with Crippen LogP contribution < -0.4 is 15.6 Å². The number of benzene rings is 2. The predicted octanol–water partition coefficient (Wildman–Crippen LogP) is 3.86. The van der Waals surface area contributed by atoms with E-state index in [9.17, 15) is 9.90 Å². The summed E-state index contributed by atoms with van der Waals surface area (Å²) in [5.41, 5.74) is 8.41. The summed E-state index contributed by atoms with van der Waals surface area (Å²) in [6, 6.07) is 14.9. The first kappa shape index (κ1) is 23.1. The number of nitrogens with zero attached hydrogens (tertiary/aromatic N) is 1. The van der Waals surface area contributed by atoms with Gasteiger partial charge in [-0.25, -0.2) is 10.9 Å². The number of hydrogen-bond donors (Lipinski definition) is 3. The van der Waals surface area contributed by atoms with Gasteiger partial charge in [-0.15, -0.1) is 0 Å². The lowest BCUT2D eigenvalue weighted by molar-refractivity contribution is -0.132. The average Bonchev–Trinajstić information content (AvgIpc) is 3.58. The van der Waals surface area contributed by atoms with Crippen LogP contribution in [0.3, 0.4) is 0 Å². The van der Waals surface area contributed by atoms with Crippen LogP contribution in [-0.4, -0.2) is 47.8 Å². The van der Waals surface area contributed by atoms with Gasteiger partial charge in [-0.3, -0.25) is 4.79 Å². The highest BCUT2D eigenvalue weighted by atomic mass is 16.5. The van der Waals surface area contributed by atoms with Gasteiger partial charge >= 0.3 is 0 Å². The summed E-state index contributed by atoms with van der Waals surface area (Å²) in [5, 5.41) is 10.6. The van der Waals surface area contributed by atoms with E-state index in [2.05, 4.69) is 29.9 Å². The fourth-order valence-electron chi connectivity index (χ4n) is 5.63. The van der Waals surface area contributed by atoms with Crippen LogP contribution >= 0.6 is 0 Å². The standard InChI is InChI=1S/C27H35N3O4/c1-2-3-6-15-33-19-13-11-18(12-14-19)26-23-24(21-9-4-5-10-22(21)31)28-29-25(23)27(32)30(26)17-20-8-7-16-34-20/h4-5,9-14,20,23-26,28-29,31H,2-3,6-8,15-17H2,1H3. The van der Waals surface area contributed by atoms with E-state index in [1.807, 2.05) is 35.2 Å². The van der Waals surface area contributed by atoms with E-state index in [0.29, 0.717) is 13.2 Å². The maximum Gasteiger partial charge on any atom is 0.242 e. The molecule has 2 aromatic carbocycles. The van der Waals surface area contributed by atoms with Crippen LogP contribution in [0.15, 0.2) is 48.5 Å². The van der Waals surface area contributed by atoms with Gasteiger partial charge in [0.25, 0.3) is 0 Å².